The third kappa shape index (κ3) is 6.97. The Morgan fingerprint density at radius 1 is 0.282 bits per heavy atom. The maximum Gasteiger partial charge on any atom is 0.136 e. The molecule has 0 bridgehead atoms. The molecule has 0 radical (unpaired) electrons. The van der Waals surface area contributed by atoms with Gasteiger partial charge in [-0.2, -0.15) is 0 Å². The van der Waals surface area contributed by atoms with E-state index < -0.39 is 0 Å². The van der Waals surface area contributed by atoms with Crippen LogP contribution in [0.25, 0.3) is 115 Å². The summed E-state index contributed by atoms with van der Waals surface area (Å²) in [6, 6.07) is 96.7. The van der Waals surface area contributed by atoms with E-state index in [1.165, 1.54) is 71.2 Å². The lowest BCUT2D eigenvalue weighted by atomic mass is 9.97. The maximum atomic E-state index is 6.27. The first kappa shape index (κ1) is 40.6. The molecule has 0 fully saturated rings. The van der Waals surface area contributed by atoms with Crippen molar-refractivity contribution in [2.75, 3.05) is 4.90 Å². The summed E-state index contributed by atoms with van der Waals surface area (Å²) in [7, 11) is 0. The van der Waals surface area contributed by atoms with Crippen molar-refractivity contribution in [3.8, 4) is 50.2 Å². The van der Waals surface area contributed by atoms with E-state index in [1.54, 1.807) is 0 Å². The van der Waals surface area contributed by atoms with E-state index in [-0.39, 0.29) is 0 Å². The molecular formula is C68H44N2O. The summed E-state index contributed by atoms with van der Waals surface area (Å²) in [4.78, 5) is 2.35. The largest absolute Gasteiger partial charge is 0.456 e. The Bertz CT molecular complexity index is 4260. The summed E-state index contributed by atoms with van der Waals surface area (Å²) in [5.74, 6) is 0. The minimum atomic E-state index is 0.897. The average molecular weight is 905 g/mol. The molecule has 3 heteroatoms. The lowest BCUT2D eigenvalue weighted by Gasteiger charge is -2.26. The summed E-state index contributed by atoms with van der Waals surface area (Å²) in [6.45, 7) is 0. The minimum absolute atomic E-state index is 0.897. The van der Waals surface area contributed by atoms with Crippen molar-refractivity contribution in [3.63, 3.8) is 0 Å². The third-order valence-electron chi connectivity index (χ3n) is 14.4. The molecule has 2 aromatic heterocycles. The van der Waals surface area contributed by atoms with Gasteiger partial charge in [0.25, 0.3) is 0 Å². The first-order valence-corrected chi connectivity index (χ1v) is 24.3. The van der Waals surface area contributed by atoms with Gasteiger partial charge < -0.3 is 13.9 Å². The molecule has 0 aliphatic rings. The molecule has 0 amide bonds. The number of hydrogen-bond acceptors (Lipinski definition) is 2. The average Bonchev–Trinajstić information content (AvgIpc) is 4.00. The van der Waals surface area contributed by atoms with E-state index >= 15 is 0 Å². The van der Waals surface area contributed by atoms with Crippen LogP contribution in [0.3, 0.4) is 0 Å². The number of anilines is 3. The van der Waals surface area contributed by atoms with Gasteiger partial charge >= 0.3 is 0 Å². The van der Waals surface area contributed by atoms with Crippen LogP contribution in [-0.2, 0) is 0 Å². The Balaban J connectivity index is 0.796. The highest BCUT2D eigenvalue weighted by molar-refractivity contribution is 6.13. The minimum Gasteiger partial charge on any atom is -0.456 e. The van der Waals surface area contributed by atoms with Crippen molar-refractivity contribution in [1.29, 1.82) is 0 Å². The lowest BCUT2D eigenvalue weighted by molar-refractivity contribution is 0.669. The van der Waals surface area contributed by atoms with Gasteiger partial charge in [-0.05, 0) is 145 Å². The molecule has 0 unspecified atom stereocenters. The summed E-state index contributed by atoms with van der Waals surface area (Å²) in [5.41, 5.74) is 18.0. The Kier molecular flexibility index (Phi) is 9.53. The zero-order valence-corrected chi connectivity index (χ0v) is 38.7. The highest BCUT2D eigenvalue weighted by Crippen LogP contribution is 2.41. The van der Waals surface area contributed by atoms with Crippen LogP contribution in [0.5, 0.6) is 0 Å². The van der Waals surface area contributed by atoms with Gasteiger partial charge in [0.15, 0.2) is 0 Å². The van der Waals surface area contributed by atoms with E-state index in [2.05, 4.69) is 264 Å². The summed E-state index contributed by atoms with van der Waals surface area (Å²) in [5, 5.41) is 9.86. The molecule has 3 nitrogen and oxygen atoms in total. The predicted molar refractivity (Wildman–Crippen MR) is 299 cm³/mol. The van der Waals surface area contributed by atoms with Gasteiger partial charge in [0, 0.05) is 44.3 Å². The number of para-hydroxylation sites is 3. The van der Waals surface area contributed by atoms with Crippen molar-refractivity contribution in [1.82, 2.24) is 4.57 Å². The van der Waals surface area contributed by atoms with Crippen LogP contribution in [0, 0.1) is 0 Å². The first-order chi connectivity index (χ1) is 35.2. The topological polar surface area (TPSA) is 21.3 Å². The third-order valence-corrected chi connectivity index (χ3v) is 14.4. The van der Waals surface area contributed by atoms with Gasteiger partial charge in [0.2, 0.25) is 0 Å². The summed E-state index contributed by atoms with van der Waals surface area (Å²) >= 11 is 0. The van der Waals surface area contributed by atoms with Crippen LogP contribution in [0.1, 0.15) is 0 Å². The van der Waals surface area contributed by atoms with Crippen LogP contribution < -0.4 is 4.90 Å². The number of fused-ring (bicyclic) bond motifs is 9. The molecule has 332 valence electrons. The maximum absolute atomic E-state index is 6.27. The molecular weight excluding hydrogens is 861 g/mol. The molecule has 14 rings (SSSR count). The molecule has 12 aromatic carbocycles. The van der Waals surface area contributed by atoms with E-state index in [1.807, 2.05) is 12.1 Å². The predicted octanol–water partition coefficient (Wildman–Crippen LogP) is 19.1. The van der Waals surface area contributed by atoms with Crippen molar-refractivity contribution in [3.05, 3.63) is 267 Å². The molecule has 0 atom stereocenters. The van der Waals surface area contributed by atoms with Crippen LogP contribution in [0.4, 0.5) is 17.1 Å². The van der Waals surface area contributed by atoms with E-state index in [0.29, 0.717) is 0 Å². The normalized spacial score (nSPS) is 11.7. The number of furan rings is 1. The molecule has 0 spiro atoms. The molecule has 0 aliphatic heterocycles. The molecule has 0 saturated carbocycles. The molecule has 14 aromatic rings. The van der Waals surface area contributed by atoms with Crippen molar-refractivity contribution >= 4 is 82.4 Å². The quantitative estimate of drug-likeness (QED) is 0.142. The smallest absolute Gasteiger partial charge is 0.136 e. The molecule has 0 N–H and O–H groups in total. The number of benzene rings is 12. The Labute approximate surface area is 411 Å². The highest BCUT2D eigenvalue weighted by Gasteiger charge is 2.17. The van der Waals surface area contributed by atoms with Crippen LogP contribution >= 0.6 is 0 Å². The van der Waals surface area contributed by atoms with Gasteiger partial charge in [-0.25, -0.2) is 0 Å². The second-order valence-corrected chi connectivity index (χ2v) is 18.5. The molecule has 71 heavy (non-hydrogen) atoms. The van der Waals surface area contributed by atoms with Crippen LogP contribution in [0.2, 0.25) is 0 Å². The van der Waals surface area contributed by atoms with Gasteiger partial charge in [-0.3, -0.25) is 0 Å². The fraction of sp³-hybridized carbons (Fsp3) is 0. The summed E-state index contributed by atoms with van der Waals surface area (Å²) in [6.07, 6.45) is 0. The van der Waals surface area contributed by atoms with Crippen molar-refractivity contribution < 1.29 is 4.42 Å². The van der Waals surface area contributed by atoms with E-state index in [9.17, 15) is 0 Å². The molecule has 0 saturated heterocycles. The number of hydrogen-bond donors (Lipinski definition) is 0. The summed E-state index contributed by atoms with van der Waals surface area (Å²) < 4.78 is 8.65. The highest BCUT2D eigenvalue weighted by atomic mass is 16.3. The lowest BCUT2D eigenvalue weighted by Crippen LogP contribution is -2.09. The number of aromatic nitrogens is 1. The Hall–Kier alpha value is -9.44. The second-order valence-electron chi connectivity index (χ2n) is 18.5. The standard InChI is InChI=1S/C68H44N2O/c1-2-14-58-49(11-1)27-28-53-43-52(35-42-59(53)58)48-31-38-55(39-32-48)69(56-40-33-50(34-41-56)60-18-10-22-67-68(60)63-17-5-8-21-66(63)71-67)54-36-29-46(30-37-54)45-23-25-47(26-24-45)51-12-9-13-57(44-51)70-64-19-6-3-15-61(64)62-16-4-7-20-65(62)70/h1-44H. The van der Waals surface area contributed by atoms with Crippen LogP contribution in [0.15, 0.2) is 271 Å². The van der Waals surface area contributed by atoms with Gasteiger partial charge in [0.1, 0.15) is 11.2 Å². The zero-order valence-electron chi connectivity index (χ0n) is 38.7. The number of rotatable bonds is 8. The van der Waals surface area contributed by atoms with Crippen molar-refractivity contribution in [2.24, 2.45) is 0 Å². The van der Waals surface area contributed by atoms with Crippen molar-refractivity contribution in [2.45, 2.75) is 0 Å². The fourth-order valence-corrected chi connectivity index (χ4v) is 10.9. The Morgan fingerprint density at radius 2 is 0.746 bits per heavy atom. The van der Waals surface area contributed by atoms with Crippen LogP contribution in [-0.4, -0.2) is 4.57 Å². The molecule has 2 heterocycles. The number of nitrogens with zero attached hydrogens (tertiary/aromatic N) is 2. The SMILES string of the molecule is c1cc(-c2ccc(-c3ccc(N(c4ccc(-c5ccc6c(ccc7ccccc76)c5)cc4)c4ccc(-c5cccc6oc7ccccc7c56)cc4)cc3)cc2)cc(-n2c3ccccc3c3ccccc32)c1. The monoisotopic (exact) mass is 904 g/mol. The molecule has 0 aliphatic carbocycles. The Morgan fingerprint density at radius 3 is 1.41 bits per heavy atom. The fourth-order valence-electron chi connectivity index (χ4n) is 10.9. The van der Waals surface area contributed by atoms with E-state index in [0.717, 1.165) is 61.4 Å². The van der Waals surface area contributed by atoms with E-state index in [4.69, 9.17) is 4.42 Å². The van der Waals surface area contributed by atoms with Gasteiger partial charge in [-0.15, -0.1) is 0 Å². The first-order valence-electron chi connectivity index (χ1n) is 24.3. The second kappa shape index (κ2) is 16.7. The van der Waals surface area contributed by atoms with Gasteiger partial charge in [0.05, 0.1) is 11.0 Å². The zero-order chi connectivity index (χ0) is 46.8. The van der Waals surface area contributed by atoms with Gasteiger partial charge in [-0.1, -0.05) is 188 Å².